The van der Waals surface area contributed by atoms with Gasteiger partial charge >= 0.3 is 0 Å². The van der Waals surface area contributed by atoms with E-state index in [2.05, 4.69) is 36.1 Å². The van der Waals surface area contributed by atoms with Gasteiger partial charge in [-0.05, 0) is 37.7 Å². The fourth-order valence-corrected chi connectivity index (χ4v) is 4.14. The molecule has 4 rings (SSSR count). The maximum atomic E-state index is 12.9. The van der Waals surface area contributed by atoms with Gasteiger partial charge in [0.15, 0.2) is 5.82 Å². The molecule has 1 aliphatic rings. The molecule has 9 nitrogen and oxygen atoms in total. The van der Waals surface area contributed by atoms with Crippen molar-refractivity contribution in [2.45, 2.75) is 12.5 Å². The van der Waals surface area contributed by atoms with Crippen molar-refractivity contribution >= 4 is 46.3 Å². The van der Waals surface area contributed by atoms with Crippen LogP contribution in [0.15, 0.2) is 48.7 Å². The van der Waals surface area contributed by atoms with Crippen molar-refractivity contribution in [2.75, 3.05) is 56.0 Å². The van der Waals surface area contributed by atoms with Gasteiger partial charge in [-0.25, -0.2) is 9.37 Å². The lowest BCUT2D eigenvalue weighted by molar-refractivity contribution is 0.0964. The number of ether oxygens (including phenoxy) is 1. The van der Waals surface area contributed by atoms with E-state index in [0.717, 1.165) is 25.2 Å². The second-order valence-corrected chi connectivity index (χ2v) is 8.61. The quantitative estimate of drug-likeness (QED) is 0.321. The van der Waals surface area contributed by atoms with Crippen LogP contribution in [-0.4, -0.2) is 62.4 Å². The molecule has 1 aliphatic heterocycles. The van der Waals surface area contributed by atoms with Crippen LogP contribution in [0.4, 0.5) is 33.2 Å². The fourth-order valence-electron chi connectivity index (χ4n) is 4.00. The van der Waals surface area contributed by atoms with Crippen LogP contribution in [0.1, 0.15) is 16.8 Å². The fraction of sp³-hybridized carbons (Fsp3) is 0.320. The molecule has 0 radical (unpaired) electrons. The molecule has 1 fully saturated rings. The molecule has 2 aromatic carbocycles. The molecule has 4 N–H and O–H groups in total. The van der Waals surface area contributed by atoms with E-state index in [-0.39, 0.29) is 23.5 Å². The standard InChI is InChI=1S/C25H29ClFN7O2/c1-28-16-9-11-34(15-16)17-7-8-21(22(13-17)36-12-10-27)32-25-30-14-19(26)23(33-25)31-20-6-4-3-5-18(20)24(35)29-2/h3-8,13-14,16,28H,9-12,15H2,1-2H3,(H,29,35)(H2,30,31,32,33). The van der Waals surface area contributed by atoms with Crippen molar-refractivity contribution in [3.8, 4) is 5.75 Å². The van der Waals surface area contributed by atoms with E-state index in [0.29, 0.717) is 34.5 Å². The Kier molecular flexibility index (Phi) is 8.40. The molecule has 190 valence electrons. The van der Waals surface area contributed by atoms with Gasteiger partial charge in [0, 0.05) is 37.9 Å². The molecule has 1 amide bonds. The van der Waals surface area contributed by atoms with Crippen LogP contribution in [0.5, 0.6) is 5.75 Å². The number of anilines is 5. The lowest BCUT2D eigenvalue weighted by atomic mass is 10.1. The Morgan fingerprint density at radius 2 is 2.03 bits per heavy atom. The predicted molar refractivity (Wildman–Crippen MR) is 141 cm³/mol. The van der Waals surface area contributed by atoms with Crippen LogP contribution in [0, 0.1) is 0 Å². The summed E-state index contributed by atoms with van der Waals surface area (Å²) in [5.41, 5.74) is 2.59. The summed E-state index contributed by atoms with van der Waals surface area (Å²) in [6.07, 6.45) is 2.51. The molecule has 2 heterocycles. The first kappa shape index (κ1) is 25.5. The number of alkyl halides is 1. The Hall–Kier alpha value is -3.63. The minimum atomic E-state index is -0.606. The van der Waals surface area contributed by atoms with Crippen molar-refractivity contribution in [1.29, 1.82) is 0 Å². The summed E-state index contributed by atoms with van der Waals surface area (Å²) in [4.78, 5) is 23.2. The molecule has 0 aliphatic carbocycles. The third kappa shape index (κ3) is 5.95. The van der Waals surface area contributed by atoms with Gasteiger partial charge in [-0.15, -0.1) is 0 Å². The molecule has 1 saturated heterocycles. The number of rotatable bonds is 10. The number of carbonyl (C=O) groups excluding carboxylic acids is 1. The Morgan fingerprint density at radius 3 is 2.78 bits per heavy atom. The number of amides is 1. The van der Waals surface area contributed by atoms with E-state index < -0.39 is 6.67 Å². The predicted octanol–water partition coefficient (Wildman–Crippen LogP) is 4.12. The monoisotopic (exact) mass is 513 g/mol. The summed E-state index contributed by atoms with van der Waals surface area (Å²) in [6.45, 7) is 1.14. The third-order valence-electron chi connectivity index (χ3n) is 5.90. The maximum Gasteiger partial charge on any atom is 0.253 e. The van der Waals surface area contributed by atoms with Crippen LogP contribution < -0.4 is 30.9 Å². The van der Waals surface area contributed by atoms with Gasteiger partial charge in [0.1, 0.15) is 24.1 Å². The number of hydrogen-bond acceptors (Lipinski definition) is 8. The molecule has 1 atom stereocenters. The lowest BCUT2D eigenvalue weighted by Gasteiger charge is -2.21. The largest absolute Gasteiger partial charge is 0.489 e. The first-order chi connectivity index (χ1) is 17.5. The Labute approximate surface area is 214 Å². The lowest BCUT2D eigenvalue weighted by Crippen LogP contribution is -2.29. The van der Waals surface area contributed by atoms with Crippen LogP contribution in [-0.2, 0) is 0 Å². The number of likely N-dealkylation sites (N-methyl/N-ethyl adjacent to an activating group) is 1. The first-order valence-corrected chi connectivity index (χ1v) is 12.0. The van der Waals surface area contributed by atoms with E-state index in [1.54, 1.807) is 31.3 Å². The number of benzene rings is 2. The summed E-state index contributed by atoms with van der Waals surface area (Å²) < 4.78 is 18.6. The van der Waals surface area contributed by atoms with E-state index in [9.17, 15) is 9.18 Å². The summed E-state index contributed by atoms with van der Waals surface area (Å²) >= 11 is 6.34. The number of para-hydroxylation sites is 1. The zero-order valence-corrected chi connectivity index (χ0v) is 20.9. The normalized spacial score (nSPS) is 15.0. The van der Waals surface area contributed by atoms with Crippen molar-refractivity contribution in [3.63, 3.8) is 0 Å². The SMILES string of the molecule is CNC(=O)c1ccccc1Nc1nc(Nc2ccc(N3CCC(NC)C3)cc2OCCF)ncc1Cl. The van der Waals surface area contributed by atoms with E-state index >= 15 is 0 Å². The van der Waals surface area contributed by atoms with Gasteiger partial charge < -0.3 is 30.9 Å². The molecule has 1 unspecified atom stereocenters. The number of nitrogens with zero attached hydrogens (tertiary/aromatic N) is 3. The van der Waals surface area contributed by atoms with E-state index in [4.69, 9.17) is 16.3 Å². The molecular formula is C25H29ClFN7O2. The second-order valence-electron chi connectivity index (χ2n) is 8.20. The van der Waals surface area contributed by atoms with Gasteiger partial charge in [0.2, 0.25) is 5.95 Å². The summed E-state index contributed by atoms with van der Waals surface area (Å²) in [5, 5.41) is 12.5. The second kappa shape index (κ2) is 11.9. The molecule has 36 heavy (non-hydrogen) atoms. The average Bonchev–Trinajstić information content (AvgIpc) is 3.39. The van der Waals surface area contributed by atoms with Gasteiger partial charge in [-0.3, -0.25) is 4.79 Å². The summed E-state index contributed by atoms with van der Waals surface area (Å²) in [7, 11) is 3.53. The zero-order valence-electron chi connectivity index (χ0n) is 20.1. The Balaban J connectivity index is 1.58. The number of halogens is 2. The summed E-state index contributed by atoms with van der Waals surface area (Å²) in [6, 6.07) is 13.2. The van der Waals surface area contributed by atoms with E-state index in [1.165, 1.54) is 6.20 Å². The number of carbonyl (C=O) groups is 1. The number of aromatic nitrogens is 2. The van der Waals surface area contributed by atoms with Crippen molar-refractivity contribution in [2.24, 2.45) is 0 Å². The molecular weight excluding hydrogens is 485 g/mol. The topological polar surface area (TPSA) is 103 Å². The highest BCUT2D eigenvalue weighted by Gasteiger charge is 2.22. The smallest absolute Gasteiger partial charge is 0.253 e. The molecule has 1 aromatic heterocycles. The van der Waals surface area contributed by atoms with Crippen LogP contribution >= 0.6 is 11.6 Å². The highest BCUT2D eigenvalue weighted by molar-refractivity contribution is 6.33. The highest BCUT2D eigenvalue weighted by atomic mass is 35.5. The number of nitrogens with one attached hydrogen (secondary N) is 4. The Bertz CT molecular complexity index is 1210. The van der Waals surface area contributed by atoms with Crippen molar-refractivity contribution in [1.82, 2.24) is 20.6 Å². The third-order valence-corrected chi connectivity index (χ3v) is 6.18. The Morgan fingerprint density at radius 1 is 1.19 bits per heavy atom. The highest BCUT2D eigenvalue weighted by Crippen LogP contribution is 2.34. The van der Waals surface area contributed by atoms with Crippen LogP contribution in [0.25, 0.3) is 0 Å². The molecule has 0 spiro atoms. The van der Waals surface area contributed by atoms with Crippen molar-refractivity contribution < 1.29 is 13.9 Å². The van der Waals surface area contributed by atoms with E-state index in [1.807, 2.05) is 25.2 Å². The summed E-state index contributed by atoms with van der Waals surface area (Å²) in [5.74, 6) is 0.837. The minimum absolute atomic E-state index is 0.0676. The molecule has 0 saturated carbocycles. The molecule has 0 bridgehead atoms. The van der Waals surface area contributed by atoms with Gasteiger partial charge in [0.05, 0.1) is 23.1 Å². The minimum Gasteiger partial charge on any atom is -0.489 e. The number of hydrogen-bond donors (Lipinski definition) is 4. The first-order valence-electron chi connectivity index (χ1n) is 11.6. The van der Waals surface area contributed by atoms with Crippen molar-refractivity contribution in [3.05, 3.63) is 59.2 Å². The van der Waals surface area contributed by atoms with Crippen LogP contribution in [0.3, 0.4) is 0 Å². The van der Waals surface area contributed by atoms with Gasteiger partial charge in [0.25, 0.3) is 5.91 Å². The van der Waals surface area contributed by atoms with Gasteiger partial charge in [-0.1, -0.05) is 23.7 Å². The van der Waals surface area contributed by atoms with Crippen LogP contribution in [0.2, 0.25) is 5.02 Å². The van der Waals surface area contributed by atoms with Gasteiger partial charge in [-0.2, -0.15) is 4.98 Å². The average molecular weight is 514 g/mol. The zero-order chi connectivity index (χ0) is 25.5. The molecule has 3 aromatic rings. The molecule has 11 heteroatoms. The maximum absolute atomic E-state index is 12.9.